The van der Waals surface area contributed by atoms with Gasteiger partial charge in [0.05, 0.1) is 25.9 Å². The molecule has 3 aliphatic rings. The number of anilines is 3. The van der Waals surface area contributed by atoms with Crippen LogP contribution >= 0.6 is 15.4 Å². The Kier molecular flexibility index (Phi) is 7.68. The summed E-state index contributed by atoms with van der Waals surface area (Å²) < 4.78 is 77.3. The minimum Gasteiger partial charge on any atom is -0.387 e. The summed E-state index contributed by atoms with van der Waals surface area (Å²) in [4.78, 5) is 45.2. The van der Waals surface area contributed by atoms with Crippen molar-refractivity contribution in [3.8, 4) is 0 Å². The maximum Gasteiger partial charge on any atom is 0.472 e. The molecule has 7 heterocycles. The lowest BCUT2D eigenvalue weighted by atomic mass is 10.1. The Morgan fingerprint density at radius 3 is 2.28 bits per heavy atom. The van der Waals surface area contributed by atoms with E-state index in [1.807, 2.05) is 0 Å². The van der Waals surface area contributed by atoms with Gasteiger partial charge in [0.25, 0.3) is 0 Å². The van der Waals surface area contributed by atoms with E-state index in [4.69, 9.17) is 45.0 Å². The van der Waals surface area contributed by atoms with Gasteiger partial charge in [-0.25, -0.2) is 28.9 Å². The molecule has 7 rings (SSSR count). The van der Waals surface area contributed by atoms with Crippen molar-refractivity contribution in [2.45, 2.75) is 49.1 Å². The predicted octanol–water partition coefficient (Wildman–Crippen LogP) is -1.03. The number of aromatic nitrogens is 8. The normalized spacial score (nSPS) is 37.4. The van der Waals surface area contributed by atoms with Gasteiger partial charge in [-0.3, -0.25) is 22.7 Å². The molecular weight excluding hydrogens is 663 g/mol. The zero-order chi connectivity index (χ0) is 32.5. The van der Waals surface area contributed by atoms with Crippen LogP contribution in [-0.4, -0.2) is 110 Å². The summed E-state index contributed by atoms with van der Waals surface area (Å²) in [5.41, 5.74) is 17.8. The van der Waals surface area contributed by atoms with E-state index in [-0.39, 0.29) is 39.9 Å². The molecule has 3 saturated heterocycles. The van der Waals surface area contributed by atoms with Crippen LogP contribution in [0.5, 0.6) is 0 Å². The molecule has 25 heteroatoms. The summed E-state index contributed by atoms with van der Waals surface area (Å²) >= 11 is 0. The Hall–Kier alpha value is -3.47. The number of nitrogens with zero attached hydrogens (tertiary/aromatic N) is 8. The molecule has 6 unspecified atom stereocenters. The number of phosphoric acid groups is 1. The molecule has 22 nitrogen and oxygen atoms in total. The van der Waals surface area contributed by atoms with Gasteiger partial charge in [0, 0.05) is 0 Å². The zero-order valence-electron chi connectivity index (χ0n) is 23.2. The van der Waals surface area contributed by atoms with Crippen LogP contribution in [-0.2, 0) is 36.9 Å². The Labute approximate surface area is 255 Å². The minimum absolute atomic E-state index is 0.00583. The van der Waals surface area contributed by atoms with Crippen LogP contribution in [0.4, 0.5) is 22.0 Å². The van der Waals surface area contributed by atoms with Gasteiger partial charge in [-0.05, 0) is 0 Å². The van der Waals surface area contributed by atoms with Gasteiger partial charge in [-0.15, -0.1) is 0 Å². The molecule has 0 radical (unpaired) electrons. The Morgan fingerprint density at radius 1 is 0.848 bits per heavy atom. The smallest absolute Gasteiger partial charge is 0.387 e. The van der Waals surface area contributed by atoms with Gasteiger partial charge in [-0.2, -0.15) is 9.97 Å². The molecule has 3 fully saturated rings. The number of nitrogen functional groups attached to an aromatic ring is 3. The predicted molar refractivity (Wildman–Crippen MR) is 149 cm³/mol. The van der Waals surface area contributed by atoms with Crippen LogP contribution < -0.4 is 17.2 Å². The van der Waals surface area contributed by atoms with Crippen molar-refractivity contribution in [2.24, 2.45) is 0 Å². The molecule has 10 atom stereocenters. The van der Waals surface area contributed by atoms with Crippen molar-refractivity contribution < 1.29 is 56.2 Å². The van der Waals surface area contributed by atoms with Gasteiger partial charge in [0.15, 0.2) is 41.6 Å². The number of aliphatic hydroxyl groups is 1. The van der Waals surface area contributed by atoms with E-state index in [0.29, 0.717) is 0 Å². The molecule has 0 aliphatic carbocycles. The van der Waals surface area contributed by atoms with E-state index in [1.165, 1.54) is 10.9 Å². The van der Waals surface area contributed by atoms with E-state index in [0.717, 1.165) is 17.2 Å². The highest BCUT2D eigenvalue weighted by molar-refractivity contribution is 7.52. The van der Waals surface area contributed by atoms with E-state index in [9.17, 15) is 24.0 Å². The first-order valence-corrected chi connectivity index (χ1v) is 16.6. The number of phosphoric ester groups is 1. The summed E-state index contributed by atoms with van der Waals surface area (Å²) in [6.45, 7) is -1.54. The van der Waals surface area contributed by atoms with Gasteiger partial charge >= 0.3 is 15.4 Å². The van der Waals surface area contributed by atoms with Crippen LogP contribution in [0.25, 0.3) is 22.3 Å². The number of hydrogen-bond acceptors (Lipinski definition) is 18. The molecule has 0 spiro atoms. The fourth-order valence-electron chi connectivity index (χ4n) is 5.40. The average molecular weight is 689 g/mol. The highest BCUT2D eigenvalue weighted by atomic mass is 31.2. The number of ether oxygens (including phenoxy) is 3. The second-order valence-corrected chi connectivity index (χ2v) is 13.7. The van der Waals surface area contributed by atoms with Crippen LogP contribution in [0.3, 0.4) is 0 Å². The molecule has 2 bridgehead atoms. The van der Waals surface area contributed by atoms with Gasteiger partial charge < -0.3 is 50.8 Å². The number of nitrogens with two attached hydrogens (primary N) is 3. The lowest BCUT2D eigenvalue weighted by Gasteiger charge is -2.26. The molecule has 248 valence electrons. The number of hydrogen-bond donors (Lipinski definition) is 6. The van der Waals surface area contributed by atoms with Gasteiger partial charge in [-0.1, -0.05) is 0 Å². The Bertz CT molecular complexity index is 1900. The molecule has 0 saturated carbocycles. The van der Waals surface area contributed by atoms with Crippen molar-refractivity contribution in [3.05, 3.63) is 19.0 Å². The first kappa shape index (κ1) is 31.1. The minimum atomic E-state index is -5.09. The Balaban J connectivity index is 1.20. The van der Waals surface area contributed by atoms with Gasteiger partial charge in [0.2, 0.25) is 5.95 Å². The third-order valence-corrected chi connectivity index (χ3v) is 9.52. The summed E-state index contributed by atoms with van der Waals surface area (Å²) in [6.07, 6.45) is -10.4. The highest BCUT2D eigenvalue weighted by Gasteiger charge is 2.53. The van der Waals surface area contributed by atoms with Crippen molar-refractivity contribution in [3.63, 3.8) is 0 Å². The third kappa shape index (κ3) is 5.48. The molecule has 0 amide bonds. The summed E-state index contributed by atoms with van der Waals surface area (Å²) in [5.74, 6) is -0.287. The second-order valence-electron chi connectivity index (χ2n) is 10.5. The fraction of sp³-hybridized carbons (Fsp3) is 0.524. The van der Waals surface area contributed by atoms with Crippen LogP contribution in [0.15, 0.2) is 19.0 Å². The monoisotopic (exact) mass is 689 g/mol. The van der Waals surface area contributed by atoms with Crippen molar-refractivity contribution in [1.29, 1.82) is 0 Å². The molecule has 46 heavy (non-hydrogen) atoms. The van der Waals surface area contributed by atoms with Crippen molar-refractivity contribution >= 4 is 55.3 Å². The standard InChI is InChI=1S/C21H26FN11O11P2/c22-9-13-8(43-19(9)33-5-29-11-16(24)30-21(25)31-18(11)33)2-41-46(37,38)44-14-12(34)7(1-40-45(35,36)6-39-13)42-20(14)32-4-28-10-15(23)26-3-27-17(10)32/h3-5,7-9,12-14,19-20,34H,1-2,6H2,(H,35,36)(H,37,38)(H2,23,26,27)(H4,24,25,30,31)/t7-,8-,9?,12?,13?,14?,19-,20-/m1/s1. The summed E-state index contributed by atoms with van der Waals surface area (Å²) in [5, 5.41) is 11.0. The maximum atomic E-state index is 16.0. The lowest BCUT2D eigenvalue weighted by molar-refractivity contribution is -0.0631. The average Bonchev–Trinajstić information content (AvgIpc) is 3.75. The van der Waals surface area contributed by atoms with E-state index < -0.39 is 84.1 Å². The first-order valence-electron chi connectivity index (χ1n) is 13.4. The highest BCUT2D eigenvalue weighted by Crippen LogP contribution is 2.52. The molecular formula is C21H26FN11O11P2. The number of aliphatic hydroxyl groups excluding tert-OH is 1. The van der Waals surface area contributed by atoms with E-state index in [1.54, 1.807) is 0 Å². The quantitative estimate of drug-likeness (QED) is 0.137. The number of alkyl halides is 1. The van der Waals surface area contributed by atoms with Crippen LogP contribution in [0, 0.1) is 0 Å². The maximum absolute atomic E-state index is 16.0. The number of halogens is 1. The molecule has 0 aromatic carbocycles. The summed E-state index contributed by atoms with van der Waals surface area (Å²) in [6, 6.07) is 0. The first-order chi connectivity index (χ1) is 21.8. The van der Waals surface area contributed by atoms with E-state index >= 15 is 4.39 Å². The molecule has 9 N–H and O–H groups in total. The van der Waals surface area contributed by atoms with Crippen LogP contribution in [0.2, 0.25) is 0 Å². The second kappa shape index (κ2) is 11.3. The van der Waals surface area contributed by atoms with Crippen molar-refractivity contribution in [2.75, 3.05) is 36.8 Å². The SMILES string of the molecule is Nc1nc(N)c2ncn([C@@H]3O[C@@H]4COP(=O)(O)OC5C(O)[C@@H](COP(=O)(O)COC4C3F)O[C@H]5n3cnc4c(N)ncnc43)c2n1. The van der Waals surface area contributed by atoms with Gasteiger partial charge in [0.1, 0.15) is 54.2 Å². The topological polar surface area (TPSA) is 315 Å². The fourth-order valence-corrected chi connectivity index (χ4v) is 7.15. The Morgan fingerprint density at radius 2 is 1.52 bits per heavy atom. The molecule has 3 aliphatic heterocycles. The number of fused-ring (bicyclic) bond motifs is 5. The lowest BCUT2D eigenvalue weighted by Crippen LogP contribution is -2.37. The van der Waals surface area contributed by atoms with Crippen molar-refractivity contribution in [1.82, 2.24) is 39.0 Å². The third-order valence-electron chi connectivity index (χ3n) is 7.51. The molecule has 4 aromatic heterocycles. The number of rotatable bonds is 2. The largest absolute Gasteiger partial charge is 0.472 e. The number of imidazole rings is 2. The molecule has 4 aromatic rings. The van der Waals surface area contributed by atoms with E-state index in [2.05, 4.69) is 29.9 Å². The zero-order valence-corrected chi connectivity index (χ0v) is 25.0. The van der Waals surface area contributed by atoms with Crippen LogP contribution in [0.1, 0.15) is 12.5 Å². The summed E-state index contributed by atoms with van der Waals surface area (Å²) in [7, 11) is -9.72.